The fourth-order valence-electron chi connectivity index (χ4n) is 3.82. The molecule has 1 aliphatic rings. The number of hydrogen-bond acceptors (Lipinski definition) is 7. The van der Waals surface area contributed by atoms with E-state index in [0.717, 1.165) is 0 Å². The number of aliphatic hydroxyl groups is 1. The van der Waals surface area contributed by atoms with Crippen LogP contribution in [0.1, 0.15) is 24.2 Å². The highest BCUT2D eigenvalue weighted by atomic mass is 32.2. The van der Waals surface area contributed by atoms with Gasteiger partial charge in [-0.2, -0.15) is 4.31 Å². The topological polar surface area (TPSA) is 106 Å². The zero-order valence-corrected chi connectivity index (χ0v) is 20.7. The number of amides is 1. The van der Waals surface area contributed by atoms with E-state index >= 15 is 0 Å². The summed E-state index contributed by atoms with van der Waals surface area (Å²) in [7, 11) is -0.631. The molecule has 2 aromatic carbocycles. The monoisotopic (exact) mass is 492 g/mol. The number of sulfonamides is 1. The number of carbonyl (C=O) groups excluding carboxylic acids is 1. The minimum absolute atomic E-state index is 0.115. The van der Waals surface area contributed by atoms with Gasteiger partial charge >= 0.3 is 0 Å². The quantitative estimate of drug-likeness (QED) is 0.513. The summed E-state index contributed by atoms with van der Waals surface area (Å²) >= 11 is 0. The van der Waals surface area contributed by atoms with E-state index in [2.05, 4.69) is 0 Å². The minimum atomic E-state index is -3.83. The van der Waals surface area contributed by atoms with Gasteiger partial charge < -0.3 is 24.2 Å². The van der Waals surface area contributed by atoms with Crippen molar-refractivity contribution >= 4 is 15.9 Å². The van der Waals surface area contributed by atoms with Crippen LogP contribution in [0.2, 0.25) is 0 Å². The molecule has 34 heavy (non-hydrogen) atoms. The third-order valence-corrected chi connectivity index (χ3v) is 7.93. The van der Waals surface area contributed by atoms with Gasteiger partial charge in [0.05, 0.1) is 17.6 Å². The molecule has 3 atom stereocenters. The predicted molar refractivity (Wildman–Crippen MR) is 126 cm³/mol. The summed E-state index contributed by atoms with van der Waals surface area (Å²) in [6.45, 7) is 3.69. The van der Waals surface area contributed by atoms with E-state index in [4.69, 9.17) is 14.2 Å². The molecule has 1 N–H and O–H groups in total. The number of rotatable bonds is 11. The van der Waals surface area contributed by atoms with Crippen molar-refractivity contribution < 1.29 is 32.5 Å². The van der Waals surface area contributed by atoms with Gasteiger partial charge in [-0.1, -0.05) is 25.1 Å². The zero-order valence-electron chi connectivity index (χ0n) is 19.9. The van der Waals surface area contributed by atoms with Gasteiger partial charge in [-0.05, 0) is 43.2 Å². The lowest BCUT2D eigenvalue weighted by molar-refractivity contribution is 0.0221. The normalized spacial score (nSPS) is 15.7. The molecule has 0 bridgehead atoms. The van der Waals surface area contributed by atoms with Crippen LogP contribution in [-0.2, 0) is 14.8 Å². The van der Waals surface area contributed by atoms with E-state index < -0.39 is 22.2 Å². The van der Waals surface area contributed by atoms with Gasteiger partial charge in [-0.25, -0.2) is 8.42 Å². The standard InChI is InChI=1S/C24H32N2O7S/c1-17(13-26(18(2)15-27)34(29,30)20-8-6-5-7-9-20)23(31-4)14-25(3)24(28)19-10-11-21-22(12-19)33-16-32-21/h5-12,17-18,23,27H,13-16H2,1-4H3/t17-,18-,23+/m1/s1. The molecule has 1 amide bonds. The highest BCUT2D eigenvalue weighted by molar-refractivity contribution is 7.89. The summed E-state index contributed by atoms with van der Waals surface area (Å²) in [4.78, 5) is 14.7. The Morgan fingerprint density at radius 2 is 1.76 bits per heavy atom. The van der Waals surface area contributed by atoms with E-state index in [1.54, 1.807) is 50.4 Å². The second-order valence-corrected chi connectivity index (χ2v) is 10.3. The Hall–Kier alpha value is -2.66. The number of hydrogen-bond donors (Lipinski definition) is 1. The van der Waals surface area contributed by atoms with Crippen LogP contribution in [0.5, 0.6) is 11.5 Å². The van der Waals surface area contributed by atoms with E-state index in [1.165, 1.54) is 28.4 Å². The van der Waals surface area contributed by atoms with Crippen molar-refractivity contribution in [2.24, 2.45) is 5.92 Å². The first kappa shape index (κ1) is 26.0. The number of likely N-dealkylation sites (N-methyl/N-ethyl adjacent to an activating group) is 1. The smallest absolute Gasteiger partial charge is 0.253 e. The van der Waals surface area contributed by atoms with Crippen molar-refractivity contribution in [1.29, 1.82) is 0 Å². The van der Waals surface area contributed by atoms with Crippen molar-refractivity contribution in [1.82, 2.24) is 9.21 Å². The Morgan fingerprint density at radius 3 is 2.41 bits per heavy atom. The molecule has 10 heteroatoms. The summed E-state index contributed by atoms with van der Waals surface area (Å²) < 4.78 is 44.1. The van der Waals surface area contributed by atoms with Gasteiger partial charge in [0, 0.05) is 38.9 Å². The Balaban J connectivity index is 1.72. The average molecular weight is 493 g/mol. The van der Waals surface area contributed by atoms with Crippen LogP contribution in [0.15, 0.2) is 53.4 Å². The summed E-state index contributed by atoms with van der Waals surface area (Å²) in [5.41, 5.74) is 0.455. The molecule has 0 aliphatic carbocycles. The van der Waals surface area contributed by atoms with Gasteiger partial charge in [0.15, 0.2) is 11.5 Å². The lowest BCUT2D eigenvalue weighted by atomic mass is 10.0. The van der Waals surface area contributed by atoms with Crippen molar-refractivity contribution in [3.05, 3.63) is 54.1 Å². The summed E-state index contributed by atoms with van der Waals surface area (Å²) in [6.07, 6.45) is -0.442. The van der Waals surface area contributed by atoms with Crippen LogP contribution in [-0.4, -0.2) is 81.4 Å². The van der Waals surface area contributed by atoms with E-state index in [9.17, 15) is 18.3 Å². The molecule has 0 aromatic heterocycles. The second-order valence-electron chi connectivity index (χ2n) is 8.42. The maximum absolute atomic E-state index is 13.3. The number of ether oxygens (including phenoxy) is 3. The van der Waals surface area contributed by atoms with Crippen LogP contribution in [0.3, 0.4) is 0 Å². The van der Waals surface area contributed by atoms with Crippen molar-refractivity contribution in [2.45, 2.75) is 30.9 Å². The average Bonchev–Trinajstić information content (AvgIpc) is 3.33. The Bertz CT molecular complexity index is 1080. The van der Waals surface area contributed by atoms with E-state index in [1.807, 2.05) is 6.92 Å². The molecule has 0 saturated carbocycles. The van der Waals surface area contributed by atoms with Gasteiger partial charge in [0.1, 0.15) is 0 Å². The third kappa shape index (κ3) is 5.69. The molecular weight excluding hydrogens is 460 g/mol. The van der Waals surface area contributed by atoms with Crippen LogP contribution in [0.4, 0.5) is 0 Å². The molecule has 0 unspecified atom stereocenters. The molecule has 1 aliphatic heterocycles. The highest BCUT2D eigenvalue weighted by Crippen LogP contribution is 2.32. The Kier molecular flexibility index (Phi) is 8.53. The molecule has 0 spiro atoms. The van der Waals surface area contributed by atoms with E-state index in [0.29, 0.717) is 17.1 Å². The largest absolute Gasteiger partial charge is 0.454 e. The lowest BCUT2D eigenvalue weighted by Gasteiger charge is -2.33. The van der Waals surface area contributed by atoms with Gasteiger partial charge in [0.2, 0.25) is 16.8 Å². The van der Waals surface area contributed by atoms with Crippen LogP contribution in [0.25, 0.3) is 0 Å². The molecule has 1 heterocycles. The zero-order chi connectivity index (χ0) is 24.9. The van der Waals surface area contributed by atoms with Gasteiger partial charge in [0.25, 0.3) is 5.91 Å². The molecule has 2 aromatic rings. The van der Waals surface area contributed by atoms with Crippen LogP contribution in [0, 0.1) is 5.92 Å². The third-order valence-electron chi connectivity index (χ3n) is 5.93. The van der Waals surface area contributed by atoms with Crippen LogP contribution < -0.4 is 9.47 Å². The van der Waals surface area contributed by atoms with Crippen molar-refractivity contribution in [2.75, 3.05) is 40.6 Å². The predicted octanol–water partition coefficient (Wildman–Crippen LogP) is 2.21. The van der Waals surface area contributed by atoms with Crippen LogP contribution >= 0.6 is 0 Å². The number of nitrogens with zero attached hydrogens (tertiary/aromatic N) is 2. The van der Waals surface area contributed by atoms with Gasteiger partial charge in [-0.15, -0.1) is 0 Å². The fourth-order valence-corrected chi connectivity index (χ4v) is 5.57. The first-order valence-electron chi connectivity index (χ1n) is 11.0. The fraction of sp³-hybridized carbons (Fsp3) is 0.458. The lowest BCUT2D eigenvalue weighted by Crippen LogP contribution is -2.47. The first-order valence-corrected chi connectivity index (χ1v) is 12.5. The molecule has 0 saturated heterocycles. The number of benzene rings is 2. The van der Waals surface area contributed by atoms with Crippen molar-refractivity contribution in [3.63, 3.8) is 0 Å². The molecular formula is C24H32N2O7S. The SMILES string of the molecule is CO[C@@H](CN(C)C(=O)c1ccc2c(c1)OCO2)[C@H](C)CN([C@H](C)CO)S(=O)(=O)c1ccccc1. The van der Waals surface area contributed by atoms with Gasteiger partial charge in [-0.3, -0.25) is 4.79 Å². The second kappa shape index (κ2) is 11.2. The summed E-state index contributed by atoms with van der Waals surface area (Å²) in [5.74, 6) is 0.630. The maximum Gasteiger partial charge on any atom is 0.253 e. The molecule has 9 nitrogen and oxygen atoms in total. The number of aliphatic hydroxyl groups excluding tert-OH is 1. The molecule has 186 valence electrons. The summed E-state index contributed by atoms with van der Waals surface area (Å²) in [5, 5.41) is 9.73. The number of fused-ring (bicyclic) bond motifs is 1. The number of carbonyl (C=O) groups is 1. The summed E-state index contributed by atoms with van der Waals surface area (Å²) in [6, 6.07) is 12.5. The minimum Gasteiger partial charge on any atom is -0.454 e. The highest BCUT2D eigenvalue weighted by Gasteiger charge is 2.33. The molecule has 0 fully saturated rings. The maximum atomic E-state index is 13.3. The number of methoxy groups -OCH3 is 1. The van der Waals surface area contributed by atoms with E-state index in [-0.39, 0.29) is 43.2 Å². The Morgan fingerprint density at radius 1 is 1.09 bits per heavy atom. The molecule has 0 radical (unpaired) electrons. The Labute approximate surface area is 200 Å². The first-order chi connectivity index (χ1) is 16.2. The molecule has 3 rings (SSSR count). The van der Waals surface area contributed by atoms with Crippen molar-refractivity contribution in [3.8, 4) is 11.5 Å².